The third kappa shape index (κ3) is 1.10. The Hall–Kier alpha value is -0.830. The van der Waals surface area contributed by atoms with Crippen LogP contribution in [0.4, 0.5) is 0 Å². The molecule has 13 heavy (non-hydrogen) atoms. The van der Waals surface area contributed by atoms with Crippen LogP contribution in [0.25, 0.3) is 0 Å². The molecule has 0 radical (unpaired) electrons. The average Bonchev–Trinajstić information content (AvgIpc) is 2.33. The normalized spacial score (nSPS) is 31.5. The lowest BCUT2D eigenvalue weighted by molar-refractivity contribution is 0.205. The number of nitrogens with zero attached hydrogens (tertiary/aromatic N) is 3. The second-order valence-electron chi connectivity index (χ2n) is 4.23. The molecule has 1 fully saturated rings. The Bertz CT molecular complexity index is 321. The van der Waals surface area contributed by atoms with Gasteiger partial charge in [-0.25, -0.2) is 0 Å². The van der Waals surface area contributed by atoms with E-state index in [1.54, 1.807) is 0 Å². The topological polar surface area (TPSA) is 21.1 Å². The number of piperidine rings is 1. The molecule has 0 unspecified atom stereocenters. The summed E-state index contributed by atoms with van der Waals surface area (Å²) in [5.41, 5.74) is 2.58. The van der Waals surface area contributed by atoms with Crippen molar-refractivity contribution >= 4 is 0 Å². The Morgan fingerprint density at radius 2 is 2.15 bits per heavy atom. The number of rotatable bonds is 0. The number of hydrogen-bond donors (Lipinski definition) is 0. The molecule has 4 rings (SSSR count). The molecule has 0 aromatic carbocycles. The first-order valence-corrected chi connectivity index (χ1v) is 5.10. The van der Waals surface area contributed by atoms with Gasteiger partial charge in [-0.1, -0.05) is 0 Å². The molecule has 2 bridgehead atoms. The van der Waals surface area contributed by atoms with Crippen molar-refractivity contribution < 1.29 is 0 Å². The van der Waals surface area contributed by atoms with Crippen LogP contribution in [-0.2, 0) is 6.54 Å². The van der Waals surface area contributed by atoms with E-state index in [-0.39, 0.29) is 0 Å². The summed E-state index contributed by atoms with van der Waals surface area (Å²) < 4.78 is 2.27. The van der Waals surface area contributed by atoms with E-state index in [0.29, 0.717) is 6.04 Å². The van der Waals surface area contributed by atoms with E-state index in [1.165, 1.54) is 37.3 Å². The van der Waals surface area contributed by atoms with Crippen LogP contribution in [0.5, 0.6) is 0 Å². The smallest absolute Gasteiger partial charge is 0.0597 e. The first-order chi connectivity index (χ1) is 6.33. The second kappa shape index (κ2) is 2.58. The summed E-state index contributed by atoms with van der Waals surface area (Å²) in [5.74, 6) is 0. The molecule has 0 atom stereocenters. The van der Waals surface area contributed by atoms with Crippen molar-refractivity contribution in [3.63, 3.8) is 0 Å². The van der Waals surface area contributed by atoms with Gasteiger partial charge >= 0.3 is 0 Å². The molecule has 3 aliphatic heterocycles. The zero-order valence-electron chi connectivity index (χ0n) is 8.03. The van der Waals surface area contributed by atoms with Crippen molar-refractivity contribution in [3.05, 3.63) is 17.5 Å². The predicted octanol–water partition coefficient (Wildman–Crippen LogP) is 1.34. The predicted molar refractivity (Wildman–Crippen MR) is 50.5 cm³/mol. The Kier molecular flexibility index (Phi) is 1.50. The molecular weight excluding hydrogens is 162 g/mol. The summed E-state index contributed by atoms with van der Waals surface area (Å²) >= 11 is 0. The van der Waals surface area contributed by atoms with Gasteiger partial charge in [-0.2, -0.15) is 5.10 Å². The number of hydrogen-bond acceptors (Lipinski definition) is 2. The van der Waals surface area contributed by atoms with Crippen molar-refractivity contribution in [2.45, 2.75) is 32.4 Å². The van der Waals surface area contributed by atoms with E-state index in [1.807, 2.05) is 0 Å². The Morgan fingerprint density at radius 1 is 1.38 bits per heavy atom. The zero-order valence-corrected chi connectivity index (χ0v) is 8.03. The third-order valence-corrected chi connectivity index (χ3v) is 3.22. The van der Waals surface area contributed by atoms with E-state index in [4.69, 9.17) is 0 Å². The van der Waals surface area contributed by atoms with Gasteiger partial charge in [0.1, 0.15) is 0 Å². The first-order valence-electron chi connectivity index (χ1n) is 5.10. The Balaban J connectivity index is 2.08. The third-order valence-electron chi connectivity index (χ3n) is 3.22. The highest BCUT2D eigenvalue weighted by atomic mass is 15.3. The monoisotopic (exact) mass is 177 g/mol. The van der Waals surface area contributed by atoms with Crippen LogP contribution in [0, 0.1) is 6.92 Å². The highest BCUT2D eigenvalue weighted by Crippen LogP contribution is 2.29. The fourth-order valence-electron chi connectivity index (χ4n) is 2.56. The molecule has 3 aliphatic rings. The summed E-state index contributed by atoms with van der Waals surface area (Å²) in [4.78, 5) is 2.54. The van der Waals surface area contributed by atoms with Crippen molar-refractivity contribution in [1.29, 1.82) is 0 Å². The van der Waals surface area contributed by atoms with Gasteiger partial charge in [-0.05, 0) is 25.8 Å². The summed E-state index contributed by atoms with van der Waals surface area (Å²) in [6.07, 6.45) is 2.57. The summed E-state index contributed by atoms with van der Waals surface area (Å²) in [7, 11) is 0. The average molecular weight is 177 g/mol. The van der Waals surface area contributed by atoms with E-state index in [9.17, 15) is 0 Å². The van der Waals surface area contributed by atoms with Crippen LogP contribution >= 0.6 is 0 Å². The van der Waals surface area contributed by atoms with Gasteiger partial charge in [0.15, 0.2) is 0 Å². The minimum absolute atomic E-state index is 0.683. The SMILES string of the molecule is Cc1cc2n(n1)C1CCN(CC1)C2. The van der Waals surface area contributed by atoms with E-state index in [2.05, 4.69) is 27.7 Å². The molecule has 70 valence electrons. The molecule has 0 saturated carbocycles. The van der Waals surface area contributed by atoms with Gasteiger partial charge in [0.25, 0.3) is 0 Å². The quantitative estimate of drug-likeness (QED) is 0.596. The number of aryl methyl sites for hydroxylation is 1. The van der Waals surface area contributed by atoms with E-state index >= 15 is 0 Å². The van der Waals surface area contributed by atoms with Gasteiger partial charge < -0.3 is 0 Å². The summed E-state index contributed by atoms with van der Waals surface area (Å²) in [6, 6.07) is 2.92. The maximum absolute atomic E-state index is 4.58. The van der Waals surface area contributed by atoms with Gasteiger partial charge in [-0.15, -0.1) is 0 Å². The van der Waals surface area contributed by atoms with Gasteiger partial charge in [0.2, 0.25) is 0 Å². The van der Waals surface area contributed by atoms with Crippen molar-refractivity contribution in [2.24, 2.45) is 0 Å². The van der Waals surface area contributed by atoms with Crippen LogP contribution in [0.2, 0.25) is 0 Å². The molecule has 1 saturated heterocycles. The minimum atomic E-state index is 0.683. The number of aromatic nitrogens is 2. The van der Waals surface area contributed by atoms with E-state index < -0.39 is 0 Å². The first kappa shape index (κ1) is 7.56. The molecule has 1 aromatic rings. The highest BCUT2D eigenvalue weighted by Gasteiger charge is 2.27. The molecule has 0 spiro atoms. The molecule has 0 N–H and O–H groups in total. The summed E-state index contributed by atoms with van der Waals surface area (Å²) in [6.45, 7) is 5.71. The highest BCUT2D eigenvalue weighted by molar-refractivity contribution is 5.12. The maximum Gasteiger partial charge on any atom is 0.0597 e. The molecule has 4 heterocycles. The lowest BCUT2D eigenvalue weighted by atomic mass is 10.1. The minimum Gasteiger partial charge on any atom is -0.297 e. The van der Waals surface area contributed by atoms with Crippen LogP contribution in [0.3, 0.4) is 0 Å². The van der Waals surface area contributed by atoms with Crippen LogP contribution < -0.4 is 0 Å². The van der Waals surface area contributed by atoms with Gasteiger partial charge in [0.05, 0.1) is 17.4 Å². The Morgan fingerprint density at radius 3 is 2.92 bits per heavy atom. The van der Waals surface area contributed by atoms with Crippen molar-refractivity contribution in [3.8, 4) is 0 Å². The largest absolute Gasteiger partial charge is 0.297 e. The summed E-state index contributed by atoms with van der Waals surface area (Å²) in [5, 5.41) is 4.58. The van der Waals surface area contributed by atoms with E-state index in [0.717, 1.165) is 6.54 Å². The van der Waals surface area contributed by atoms with Crippen LogP contribution in [-0.4, -0.2) is 27.8 Å². The fourth-order valence-corrected chi connectivity index (χ4v) is 2.56. The Labute approximate surface area is 78.3 Å². The molecule has 1 aromatic heterocycles. The van der Waals surface area contributed by atoms with Crippen LogP contribution in [0.15, 0.2) is 6.07 Å². The molecule has 3 heteroatoms. The molecule has 3 nitrogen and oxygen atoms in total. The lowest BCUT2D eigenvalue weighted by Gasteiger charge is -2.26. The number of fused-ring (bicyclic) bond motifs is 2. The van der Waals surface area contributed by atoms with Crippen molar-refractivity contribution in [1.82, 2.24) is 14.7 Å². The fraction of sp³-hybridized carbons (Fsp3) is 0.700. The van der Waals surface area contributed by atoms with Crippen molar-refractivity contribution in [2.75, 3.05) is 13.1 Å². The van der Waals surface area contributed by atoms with Gasteiger partial charge in [-0.3, -0.25) is 9.58 Å². The lowest BCUT2D eigenvalue weighted by Crippen LogP contribution is -2.29. The van der Waals surface area contributed by atoms with Crippen LogP contribution in [0.1, 0.15) is 30.3 Å². The zero-order chi connectivity index (χ0) is 8.84. The molecule has 0 aliphatic carbocycles. The standard InChI is InChI=1S/C10H15N3/c1-8-6-10-7-12-4-2-9(3-5-12)13(10)11-8/h6,9H,2-5,7H2,1H3. The second-order valence-corrected chi connectivity index (χ2v) is 4.23. The molecular formula is C10H15N3. The maximum atomic E-state index is 4.58. The molecule has 0 amide bonds. The van der Waals surface area contributed by atoms with Gasteiger partial charge in [0, 0.05) is 19.6 Å².